The van der Waals surface area contributed by atoms with E-state index in [9.17, 15) is 14.0 Å². The van der Waals surface area contributed by atoms with Crippen molar-refractivity contribution in [3.8, 4) is 11.5 Å². The first-order valence-electron chi connectivity index (χ1n) is 10.1. The minimum atomic E-state index is -0.492. The van der Waals surface area contributed by atoms with E-state index < -0.39 is 6.04 Å². The van der Waals surface area contributed by atoms with Gasteiger partial charge in [0.1, 0.15) is 19.0 Å². The van der Waals surface area contributed by atoms with Crippen molar-refractivity contribution >= 4 is 23.2 Å². The van der Waals surface area contributed by atoms with Gasteiger partial charge in [0.05, 0.1) is 23.8 Å². The number of halogens is 1. The van der Waals surface area contributed by atoms with E-state index in [1.165, 1.54) is 11.0 Å². The lowest BCUT2D eigenvalue weighted by atomic mass is 10.1. The molecule has 2 aromatic rings. The summed E-state index contributed by atoms with van der Waals surface area (Å²) < 4.78 is 25.2. The molecule has 7 nitrogen and oxygen atoms in total. The molecule has 8 heteroatoms. The van der Waals surface area contributed by atoms with E-state index in [4.69, 9.17) is 9.47 Å². The monoisotopic (exact) mass is 411 g/mol. The lowest BCUT2D eigenvalue weighted by Crippen LogP contribution is -2.52. The van der Waals surface area contributed by atoms with Crippen LogP contribution < -0.4 is 19.3 Å². The number of rotatable bonds is 3. The number of carbonyl (C=O) groups excluding carboxylic acids is 2. The van der Waals surface area contributed by atoms with Gasteiger partial charge in [0.25, 0.3) is 5.91 Å². The number of anilines is 2. The Morgan fingerprint density at radius 3 is 2.40 bits per heavy atom. The Hall–Kier alpha value is -3.13. The zero-order valence-electron chi connectivity index (χ0n) is 16.4. The van der Waals surface area contributed by atoms with Gasteiger partial charge in [-0.2, -0.15) is 0 Å². The molecule has 2 saturated heterocycles. The number of hydrogen-bond donors (Lipinski definition) is 0. The van der Waals surface area contributed by atoms with Gasteiger partial charge in [-0.25, -0.2) is 9.29 Å². The molecule has 3 aliphatic heterocycles. The largest absolute Gasteiger partial charge is 0.486 e. The lowest BCUT2D eigenvalue weighted by molar-refractivity contribution is -0.123. The number of para-hydroxylation sites is 1. The topological polar surface area (TPSA) is 62.3 Å². The molecule has 0 saturated carbocycles. The summed E-state index contributed by atoms with van der Waals surface area (Å²) in [5.41, 5.74) is 1.07. The number of benzene rings is 2. The Balaban J connectivity index is 1.29. The summed E-state index contributed by atoms with van der Waals surface area (Å²) in [5, 5.41) is 0. The van der Waals surface area contributed by atoms with Crippen molar-refractivity contribution in [2.75, 3.05) is 49.2 Å². The van der Waals surface area contributed by atoms with Gasteiger partial charge >= 0.3 is 0 Å². The second kappa shape index (κ2) is 7.60. The summed E-state index contributed by atoms with van der Waals surface area (Å²) in [6.45, 7) is 3.30. The summed E-state index contributed by atoms with van der Waals surface area (Å²) in [5.74, 6) is 0.461. The number of piperazine rings is 1. The van der Waals surface area contributed by atoms with Crippen molar-refractivity contribution < 1.29 is 23.5 Å². The van der Waals surface area contributed by atoms with Crippen molar-refractivity contribution in [3.63, 3.8) is 0 Å². The Morgan fingerprint density at radius 2 is 1.63 bits per heavy atom. The molecule has 2 fully saturated rings. The molecule has 0 unspecified atom stereocenters. The first-order chi connectivity index (χ1) is 14.6. The van der Waals surface area contributed by atoms with Crippen LogP contribution in [0, 0.1) is 5.82 Å². The van der Waals surface area contributed by atoms with E-state index in [1.54, 1.807) is 30.3 Å². The average Bonchev–Trinajstić information content (AvgIpc) is 3.08. The van der Waals surface area contributed by atoms with E-state index in [2.05, 4.69) is 0 Å². The zero-order valence-corrected chi connectivity index (χ0v) is 16.4. The van der Waals surface area contributed by atoms with Gasteiger partial charge in [0.15, 0.2) is 11.5 Å². The number of fused-ring (bicyclic) bond motifs is 1. The quantitative estimate of drug-likeness (QED) is 0.721. The molecule has 2 aromatic carbocycles. The van der Waals surface area contributed by atoms with E-state index in [1.807, 2.05) is 15.9 Å². The fraction of sp³-hybridized carbons (Fsp3) is 0.364. The molecule has 0 spiro atoms. The van der Waals surface area contributed by atoms with Crippen molar-refractivity contribution in [2.45, 2.75) is 12.5 Å². The highest BCUT2D eigenvalue weighted by atomic mass is 19.1. The van der Waals surface area contributed by atoms with Crippen LogP contribution in [0.15, 0.2) is 42.5 Å². The highest BCUT2D eigenvalue weighted by molar-refractivity contribution is 6.22. The number of nitrogens with zero attached hydrogens (tertiary/aromatic N) is 3. The van der Waals surface area contributed by atoms with Gasteiger partial charge in [0, 0.05) is 32.2 Å². The molecule has 30 heavy (non-hydrogen) atoms. The van der Waals surface area contributed by atoms with Crippen molar-refractivity contribution in [1.82, 2.24) is 4.90 Å². The predicted octanol–water partition coefficient (Wildman–Crippen LogP) is 2.05. The molecule has 1 atom stereocenters. The van der Waals surface area contributed by atoms with Crippen LogP contribution in [0.3, 0.4) is 0 Å². The maximum Gasteiger partial charge on any atom is 0.251 e. The number of amides is 2. The van der Waals surface area contributed by atoms with Gasteiger partial charge in [-0.3, -0.25) is 14.5 Å². The maximum atomic E-state index is 14.1. The van der Waals surface area contributed by atoms with E-state index in [0.717, 1.165) is 0 Å². The molecular weight excluding hydrogens is 389 g/mol. The summed E-state index contributed by atoms with van der Waals surface area (Å²) in [6.07, 6.45) is 0.146. The number of imide groups is 1. The molecule has 3 aliphatic rings. The molecule has 156 valence electrons. The van der Waals surface area contributed by atoms with Crippen LogP contribution in [0.5, 0.6) is 11.5 Å². The van der Waals surface area contributed by atoms with Gasteiger partial charge < -0.3 is 14.4 Å². The van der Waals surface area contributed by atoms with Crippen LogP contribution in [-0.2, 0) is 9.59 Å². The molecule has 5 rings (SSSR count). The zero-order chi connectivity index (χ0) is 20.7. The second-order valence-electron chi connectivity index (χ2n) is 7.59. The van der Waals surface area contributed by atoms with Crippen molar-refractivity contribution in [3.05, 3.63) is 48.3 Å². The molecule has 0 N–H and O–H groups in total. The van der Waals surface area contributed by atoms with E-state index in [-0.39, 0.29) is 24.1 Å². The summed E-state index contributed by atoms with van der Waals surface area (Å²) in [7, 11) is 0. The second-order valence-corrected chi connectivity index (χ2v) is 7.59. The molecule has 0 radical (unpaired) electrons. The van der Waals surface area contributed by atoms with Gasteiger partial charge in [-0.05, 0) is 24.3 Å². The predicted molar refractivity (Wildman–Crippen MR) is 109 cm³/mol. The van der Waals surface area contributed by atoms with Crippen LogP contribution >= 0.6 is 0 Å². The third-order valence-corrected chi connectivity index (χ3v) is 5.85. The molecule has 2 amide bonds. The Bertz CT molecular complexity index is 990. The molecular formula is C22H22FN3O4. The average molecular weight is 411 g/mol. The Kier molecular flexibility index (Phi) is 4.78. The third-order valence-electron chi connectivity index (χ3n) is 5.85. The van der Waals surface area contributed by atoms with Gasteiger partial charge in [-0.1, -0.05) is 12.1 Å². The minimum absolute atomic E-state index is 0.146. The lowest BCUT2D eigenvalue weighted by Gasteiger charge is -2.38. The normalized spacial score (nSPS) is 22.0. The smallest absolute Gasteiger partial charge is 0.251 e. The summed E-state index contributed by atoms with van der Waals surface area (Å²) in [6, 6.07) is 11.3. The Labute approximate surface area is 173 Å². The summed E-state index contributed by atoms with van der Waals surface area (Å²) >= 11 is 0. The van der Waals surface area contributed by atoms with Crippen molar-refractivity contribution in [1.29, 1.82) is 0 Å². The van der Waals surface area contributed by atoms with Crippen LogP contribution in [-0.4, -0.2) is 62.1 Å². The fourth-order valence-electron chi connectivity index (χ4n) is 4.33. The van der Waals surface area contributed by atoms with Crippen LogP contribution in [0.4, 0.5) is 15.8 Å². The summed E-state index contributed by atoms with van der Waals surface area (Å²) in [4.78, 5) is 31.0. The van der Waals surface area contributed by atoms with Gasteiger partial charge in [-0.15, -0.1) is 0 Å². The standard InChI is InChI=1S/C22H22FN3O4/c23-16-3-1-2-4-17(16)24-7-9-25(10-8-24)18-14-21(27)26(22(18)28)15-5-6-19-20(13-15)30-12-11-29-19/h1-6,13,18H,7-12,14H2/t18-/m1/s1. The number of carbonyl (C=O) groups is 2. The molecule has 0 aromatic heterocycles. The molecule has 3 heterocycles. The maximum absolute atomic E-state index is 14.1. The molecule has 0 bridgehead atoms. The first-order valence-corrected chi connectivity index (χ1v) is 10.1. The van der Waals surface area contributed by atoms with E-state index in [0.29, 0.717) is 62.3 Å². The number of hydrogen-bond acceptors (Lipinski definition) is 6. The van der Waals surface area contributed by atoms with Crippen molar-refractivity contribution in [2.24, 2.45) is 0 Å². The third kappa shape index (κ3) is 3.27. The SMILES string of the molecule is O=C1C[C@@H](N2CCN(c3ccccc3F)CC2)C(=O)N1c1ccc2c(c1)OCCO2. The van der Waals surface area contributed by atoms with E-state index >= 15 is 0 Å². The first kappa shape index (κ1) is 18.9. The minimum Gasteiger partial charge on any atom is -0.486 e. The fourth-order valence-corrected chi connectivity index (χ4v) is 4.33. The van der Waals surface area contributed by atoms with Crippen LogP contribution in [0.2, 0.25) is 0 Å². The highest BCUT2D eigenvalue weighted by Crippen LogP contribution is 2.36. The molecule has 0 aliphatic carbocycles. The van der Waals surface area contributed by atoms with Gasteiger partial charge in [0.2, 0.25) is 5.91 Å². The van der Waals surface area contributed by atoms with Crippen LogP contribution in [0.25, 0.3) is 0 Å². The highest BCUT2D eigenvalue weighted by Gasteiger charge is 2.43. The Morgan fingerprint density at radius 1 is 0.900 bits per heavy atom. The van der Waals surface area contributed by atoms with Crippen LogP contribution in [0.1, 0.15) is 6.42 Å². The number of ether oxygens (including phenoxy) is 2.